The topological polar surface area (TPSA) is 129 Å². The summed E-state index contributed by atoms with van der Waals surface area (Å²) in [5.74, 6) is 2.62. The average molecular weight is 391 g/mol. The van der Waals surface area contributed by atoms with E-state index in [4.69, 9.17) is 9.15 Å². The number of H-pyrrole nitrogens is 1. The number of guanidine groups is 1. The fourth-order valence-electron chi connectivity index (χ4n) is 2.24. The quantitative estimate of drug-likeness (QED) is 0.306. The maximum Gasteiger partial charge on any atom is 0.407 e. The number of aromatic nitrogens is 3. The van der Waals surface area contributed by atoms with E-state index in [1.54, 1.807) is 19.4 Å². The van der Waals surface area contributed by atoms with E-state index in [0.717, 1.165) is 12.2 Å². The summed E-state index contributed by atoms with van der Waals surface area (Å²) in [7, 11) is 1.71. The molecule has 0 radical (unpaired) electrons. The lowest BCUT2D eigenvalue weighted by Crippen LogP contribution is -2.40. The number of carbonyl (C=O) groups is 1. The molecule has 0 unspecified atom stereocenters. The van der Waals surface area contributed by atoms with Crippen molar-refractivity contribution >= 4 is 12.1 Å². The van der Waals surface area contributed by atoms with E-state index in [0.29, 0.717) is 43.6 Å². The molecule has 0 spiro atoms. The van der Waals surface area contributed by atoms with E-state index in [9.17, 15) is 4.79 Å². The molecule has 2 aromatic heterocycles. The molecule has 10 heteroatoms. The molecule has 0 atom stereocenters. The van der Waals surface area contributed by atoms with E-state index >= 15 is 0 Å². The van der Waals surface area contributed by atoms with Gasteiger partial charge in [-0.15, -0.1) is 0 Å². The maximum atomic E-state index is 11.6. The number of amides is 1. The van der Waals surface area contributed by atoms with Gasteiger partial charge in [0.2, 0.25) is 5.82 Å². The summed E-state index contributed by atoms with van der Waals surface area (Å²) < 4.78 is 10.5. The number of alkyl carbamates (subject to hydrolysis) is 1. The minimum Gasteiger partial charge on any atom is -0.461 e. The van der Waals surface area contributed by atoms with Crippen LogP contribution in [-0.4, -0.2) is 59.5 Å². The predicted molar refractivity (Wildman–Crippen MR) is 106 cm³/mol. The second-order valence-electron chi connectivity index (χ2n) is 7.04. The Bertz CT molecular complexity index is 748. The predicted octanol–water partition coefficient (Wildman–Crippen LogP) is 1.69. The summed E-state index contributed by atoms with van der Waals surface area (Å²) in [5.41, 5.74) is -0.490. The highest BCUT2D eigenvalue weighted by Crippen LogP contribution is 2.14. The Morgan fingerprint density at radius 3 is 2.68 bits per heavy atom. The Kier molecular flexibility index (Phi) is 7.85. The summed E-state index contributed by atoms with van der Waals surface area (Å²) in [6.07, 6.45) is 2.59. The van der Waals surface area contributed by atoms with Crippen LogP contribution in [0.3, 0.4) is 0 Å². The minimum atomic E-state index is -0.490. The van der Waals surface area contributed by atoms with Gasteiger partial charge in [0, 0.05) is 33.1 Å². The third-order valence-electron chi connectivity index (χ3n) is 3.47. The first kappa shape index (κ1) is 21.3. The highest BCUT2D eigenvalue weighted by molar-refractivity contribution is 5.79. The van der Waals surface area contributed by atoms with Crippen LogP contribution in [0.2, 0.25) is 0 Å². The fourth-order valence-corrected chi connectivity index (χ4v) is 2.24. The monoisotopic (exact) mass is 391 g/mol. The Balaban J connectivity index is 1.60. The third kappa shape index (κ3) is 7.68. The van der Waals surface area contributed by atoms with Gasteiger partial charge in [0.25, 0.3) is 0 Å². The number of hydrogen-bond donors (Lipinski definition) is 4. The lowest BCUT2D eigenvalue weighted by atomic mass is 10.2. The summed E-state index contributed by atoms with van der Waals surface area (Å²) in [4.78, 5) is 20.1. The first-order valence-electron chi connectivity index (χ1n) is 9.24. The molecule has 0 aliphatic rings. The number of furan rings is 1. The van der Waals surface area contributed by atoms with Crippen molar-refractivity contribution in [2.24, 2.45) is 4.99 Å². The molecule has 10 nitrogen and oxygen atoms in total. The lowest BCUT2D eigenvalue weighted by Gasteiger charge is -2.19. The molecular formula is C18H29N7O3. The summed E-state index contributed by atoms with van der Waals surface area (Å²) in [5, 5.41) is 16.2. The van der Waals surface area contributed by atoms with Crippen LogP contribution in [-0.2, 0) is 11.2 Å². The lowest BCUT2D eigenvalue weighted by molar-refractivity contribution is 0.0527. The minimum absolute atomic E-state index is 0.406. The van der Waals surface area contributed by atoms with Gasteiger partial charge in [-0.2, -0.15) is 5.10 Å². The molecule has 2 rings (SSSR count). The van der Waals surface area contributed by atoms with E-state index < -0.39 is 11.7 Å². The first-order valence-corrected chi connectivity index (χ1v) is 9.24. The molecule has 2 heterocycles. The SMILES string of the molecule is CN=C(NCCCNC(=O)OC(C)(C)C)NCCc1nc(-c2ccco2)n[nH]1. The van der Waals surface area contributed by atoms with E-state index in [-0.39, 0.29) is 0 Å². The first-order chi connectivity index (χ1) is 13.4. The summed E-state index contributed by atoms with van der Waals surface area (Å²) >= 11 is 0. The second-order valence-corrected chi connectivity index (χ2v) is 7.04. The fraction of sp³-hybridized carbons (Fsp3) is 0.556. The molecule has 2 aromatic rings. The Morgan fingerprint density at radius 2 is 2.00 bits per heavy atom. The highest BCUT2D eigenvalue weighted by atomic mass is 16.6. The van der Waals surface area contributed by atoms with Gasteiger partial charge < -0.3 is 25.1 Å². The number of carbonyl (C=O) groups excluding carboxylic acids is 1. The van der Waals surface area contributed by atoms with Gasteiger partial charge in [0.15, 0.2) is 11.7 Å². The van der Waals surface area contributed by atoms with Gasteiger partial charge in [-0.1, -0.05) is 0 Å². The molecular weight excluding hydrogens is 362 g/mol. The van der Waals surface area contributed by atoms with Crippen LogP contribution in [0.25, 0.3) is 11.6 Å². The zero-order valence-corrected chi connectivity index (χ0v) is 16.8. The number of aliphatic imine (C=N–C) groups is 1. The second kappa shape index (κ2) is 10.3. The molecule has 0 aliphatic carbocycles. The molecule has 1 amide bonds. The Labute approximate surface area is 164 Å². The number of hydrogen-bond acceptors (Lipinski definition) is 6. The van der Waals surface area contributed by atoms with Gasteiger partial charge in [-0.25, -0.2) is 9.78 Å². The van der Waals surface area contributed by atoms with Gasteiger partial charge >= 0.3 is 6.09 Å². The van der Waals surface area contributed by atoms with Gasteiger partial charge in [-0.3, -0.25) is 10.1 Å². The highest BCUT2D eigenvalue weighted by Gasteiger charge is 2.15. The average Bonchev–Trinajstić information content (AvgIpc) is 3.29. The maximum absolute atomic E-state index is 11.6. The van der Waals surface area contributed by atoms with E-state index in [2.05, 4.69) is 36.1 Å². The molecule has 154 valence electrons. The number of rotatable bonds is 8. The van der Waals surface area contributed by atoms with Crippen LogP contribution in [0, 0.1) is 0 Å². The Hall–Kier alpha value is -3.04. The van der Waals surface area contributed by atoms with Crippen molar-refractivity contribution in [1.82, 2.24) is 31.1 Å². The van der Waals surface area contributed by atoms with Crippen LogP contribution < -0.4 is 16.0 Å². The van der Waals surface area contributed by atoms with Crippen LogP contribution in [0.4, 0.5) is 4.79 Å². The van der Waals surface area contributed by atoms with E-state index in [1.807, 2.05) is 26.8 Å². The third-order valence-corrected chi connectivity index (χ3v) is 3.47. The van der Waals surface area contributed by atoms with Crippen LogP contribution in [0.1, 0.15) is 33.0 Å². The van der Waals surface area contributed by atoms with Crippen LogP contribution >= 0.6 is 0 Å². The summed E-state index contributed by atoms with van der Waals surface area (Å²) in [6.45, 7) is 7.33. The molecule has 0 fully saturated rings. The standard InChI is InChI=1S/C18H29N7O3/c1-18(2,3)28-17(26)22-10-6-9-20-16(19-4)21-11-8-14-23-15(25-24-14)13-7-5-12-27-13/h5,7,12H,6,8-11H2,1-4H3,(H,22,26)(H2,19,20,21)(H,23,24,25). The number of ether oxygens (including phenoxy) is 1. The van der Waals surface area contributed by atoms with Crippen LogP contribution in [0.5, 0.6) is 0 Å². The van der Waals surface area contributed by atoms with Crippen molar-refractivity contribution < 1.29 is 13.9 Å². The molecule has 0 bridgehead atoms. The molecule has 0 saturated heterocycles. The number of nitrogens with one attached hydrogen (secondary N) is 4. The largest absolute Gasteiger partial charge is 0.461 e. The molecule has 0 aromatic carbocycles. The molecule has 28 heavy (non-hydrogen) atoms. The van der Waals surface area contributed by atoms with Crippen LogP contribution in [0.15, 0.2) is 27.8 Å². The normalized spacial score (nSPS) is 11.9. The van der Waals surface area contributed by atoms with Crippen molar-refractivity contribution in [3.8, 4) is 11.6 Å². The number of aromatic amines is 1. The molecule has 4 N–H and O–H groups in total. The van der Waals surface area contributed by atoms with Gasteiger partial charge in [0.1, 0.15) is 11.4 Å². The summed E-state index contributed by atoms with van der Waals surface area (Å²) in [6, 6.07) is 3.61. The Morgan fingerprint density at radius 1 is 1.25 bits per heavy atom. The smallest absolute Gasteiger partial charge is 0.407 e. The number of nitrogens with zero attached hydrogens (tertiary/aromatic N) is 3. The zero-order valence-electron chi connectivity index (χ0n) is 16.8. The van der Waals surface area contributed by atoms with Gasteiger partial charge in [0.05, 0.1) is 6.26 Å². The molecule has 0 aliphatic heterocycles. The van der Waals surface area contributed by atoms with Crippen molar-refractivity contribution in [2.45, 2.75) is 39.2 Å². The van der Waals surface area contributed by atoms with Crippen molar-refractivity contribution in [2.75, 3.05) is 26.7 Å². The molecule has 0 saturated carbocycles. The van der Waals surface area contributed by atoms with Crippen molar-refractivity contribution in [3.05, 3.63) is 24.2 Å². The zero-order chi connectivity index (χ0) is 20.4. The van der Waals surface area contributed by atoms with Crippen molar-refractivity contribution in [3.63, 3.8) is 0 Å². The van der Waals surface area contributed by atoms with Crippen molar-refractivity contribution in [1.29, 1.82) is 0 Å². The van der Waals surface area contributed by atoms with E-state index in [1.165, 1.54) is 0 Å². The van der Waals surface area contributed by atoms with Gasteiger partial charge in [-0.05, 0) is 39.3 Å².